The van der Waals surface area contributed by atoms with Gasteiger partial charge in [-0.3, -0.25) is 9.69 Å². The van der Waals surface area contributed by atoms with E-state index >= 15 is 0 Å². The number of rotatable bonds is 1. The van der Waals surface area contributed by atoms with E-state index in [0.717, 1.165) is 26.3 Å². The molecule has 4 nitrogen and oxygen atoms in total. The number of hydrogen-bond donors (Lipinski definition) is 1. The Bertz CT molecular complexity index is 111. The van der Waals surface area contributed by atoms with Crippen molar-refractivity contribution in [3.8, 4) is 0 Å². The Kier molecular flexibility index (Phi) is 6.70. The third-order valence-electron chi connectivity index (χ3n) is 1.78. The maximum atomic E-state index is 8.36. The summed E-state index contributed by atoms with van der Waals surface area (Å²) in [6, 6.07) is 0.689. The lowest BCUT2D eigenvalue weighted by molar-refractivity contribution is -0.122. The summed E-state index contributed by atoms with van der Waals surface area (Å²) in [5, 5.41) is 6.89. The first-order chi connectivity index (χ1) is 5.72. The van der Waals surface area contributed by atoms with Crippen LogP contribution in [0.2, 0.25) is 0 Å². The fraction of sp³-hybridized carbons (Fsp3) is 0.875. The lowest BCUT2D eigenvalue weighted by Gasteiger charge is -2.29. The predicted octanol–water partition coefficient (Wildman–Crippen LogP) is 0.428. The van der Waals surface area contributed by atoms with E-state index in [9.17, 15) is 0 Å². The SMILES string of the molecule is CC(C)N1CCOCC1.O=CO. The monoisotopic (exact) mass is 175 g/mol. The number of morpholine rings is 1. The van der Waals surface area contributed by atoms with Crippen molar-refractivity contribution in [2.75, 3.05) is 26.3 Å². The molecule has 0 aromatic heterocycles. The van der Waals surface area contributed by atoms with Gasteiger partial charge in [0.05, 0.1) is 13.2 Å². The van der Waals surface area contributed by atoms with Crippen LogP contribution >= 0.6 is 0 Å². The molecule has 0 amide bonds. The van der Waals surface area contributed by atoms with Crippen LogP contribution in [0.1, 0.15) is 13.8 Å². The lowest BCUT2D eigenvalue weighted by atomic mass is 10.3. The summed E-state index contributed by atoms with van der Waals surface area (Å²) in [7, 11) is 0. The van der Waals surface area contributed by atoms with Crippen LogP contribution in [-0.2, 0) is 9.53 Å². The Labute approximate surface area is 73.1 Å². The first-order valence-corrected chi connectivity index (χ1v) is 4.12. The highest BCUT2D eigenvalue weighted by Gasteiger charge is 2.11. The molecule has 0 saturated carbocycles. The quantitative estimate of drug-likeness (QED) is 0.587. The summed E-state index contributed by atoms with van der Waals surface area (Å²) in [6.45, 7) is 8.25. The van der Waals surface area contributed by atoms with Crippen molar-refractivity contribution in [3.63, 3.8) is 0 Å². The maximum Gasteiger partial charge on any atom is 0.290 e. The molecule has 1 rings (SSSR count). The van der Waals surface area contributed by atoms with Crippen LogP contribution in [0.15, 0.2) is 0 Å². The van der Waals surface area contributed by atoms with Crippen molar-refractivity contribution in [1.82, 2.24) is 4.90 Å². The molecule has 0 unspecified atom stereocenters. The van der Waals surface area contributed by atoms with Gasteiger partial charge in [0.2, 0.25) is 0 Å². The van der Waals surface area contributed by atoms with Gasteiger partial charge >= 0.3 is 0 Å². The molecule has 1 N–H and O–H groups in total. The molecule has 1 saturated heterocycles. The summed E-state index contributed by atoms with van der Waals surface area (Å²) < 4.78 is 5.21. The first-order valence-electron chi connectivity index (χ1n) is 4.12. The second kappa shape index (κ2) is 7.06. The van der Waals surface area contributed by atoms with E-state index in [4.69, 9.17) is 14.6 Å². The minimum Gasteiger partial charge on any atom is -0.483 e. The van der Waals surface area contributed by atoms with E-state index in [2.05, 4.69) is 18.7 Å². The van der Waals surface area contributed by atoms with Crippen LogP contribution in [0.4, 0.5) is 0 Å². The zero-order chi connectivity index (χ0) is 9.40. The summed E-state index contributed by atoms with van der Waals surface area (Å²) in [5.74, 6) is 0. The third kappa shape index (κ3) is 5.09. The largest absolute Gasteiger partial charge is 0.483 e. The van der Waals surface area contributed by atoms with Crippen LogP contribution in [0.5, 0.6) is 0 Å². The molecular weight excluding hydrogens is 158 g/mol. The van der Waals surface area contributed by atoms with Crippen molar-refractivity contribution in [1.29, 1.82) is 0 Å². The second-order valence-corrected chi connectivity index (χ2v) is 2.85. The highest BCUT2D eigenvalue weighted by atomic mass is 16.5. The molecule has 0 aromatic rings. The topological polar surface area (TPSA) is 49.8 Å². The molecule has 72 valence electrons. The Hall–Kier alpha value is -0.610. The number of nitrogens with zero attached hydrogens (tertiary/aromatic N) is 1. The molecule has 0 bridgehead atoms. The van der Waals surface area contributed by atoms with Crippen LogP contribution < -0.4 is 0 Å². The van der Waals surface area contributed by atoms with E-state index in [1.165, 1.54) is 0 Å². The molecule has 1 fully saturated rings. The van der Waals surface area contributed by atoms with Crippen LogP contribution in [-0.4, -0.2) is 48.8 Å². The fourth-order valence-electron chi connectivity index (χ4n) is 1.09. The molecule has 0 radical (unpaired) electrons. The van der Waals surface area contributed by atoms with Crippen molar-refractivity contribution in [2.45, 2.75) is 19.9 Å². The number of ether oxygens (including phenoxy) is 1. The molecule has 1 heterocycles. The zero-order valence-corrected chi connectivity index (χ0v) is 7.69. The highest BCUT2D eigenvalue weighted by molar-refractivity contribution is 5.32. The first kappa shape index (κ1) is 11.4. The van der Waals surface area contributed by atoms with E-state index in [1.54, 1.807) is 0 Å². The second-order valence-electron chi connectivity index (χ2n) is 2.85. The van der Waals surface area contributed by atoms with Gasteiger partial charge in [0.25, 0.3) is 6.47 Å². The van der Waals surface area contributed by atoms with Crippen LogP contribution in [0.25, 0.3) is 0 Å². The molecule has 1 aliphatic heterocycles. The maximum absolute atomic E-state index is 8.36. The van der Waals surface area contributed by atoms with Crippen molar-refractivity contribution < 1.29 is 14.6 Å². The van der Waals surface area contributed by atoms with Gasteiger partial charge < -0.3 is 9.84 Å². The average Bonchev–Trinajstić information content (AvgIpc) is 2.07. The van der Waals surface area contributed by atoms with Gasteiger partial charge in [-0.1, -0.05) is 0 Å². The van der Waals surface area contributed by atoms with E-state index in [-0.39, 0.29) is 6.47 Å². The minimum absolute atomic E-state index is 0.250. The van der Waals surface area contributed by atoms with Gasteiger partial charge in [0.1, 0.15) is 0 Å². The summed E-state index contributed by atoms with van der Waals surface area (Å²) in [5.41, 5.74) is 0. The standard InChI is InChI=1S/C7H15NO.CH2O2/c1-7(2)8-3-5-9-6-4-8;2-1-3/h7H,3-6H2,1-2H3;1H,(H,2,3). The van der Waals surface area contributed by atoms with Crippen LogP contribution in [0.3, 0.4) is 0 Å². The van der Waals surface area contributed by atoms with Gasteiger partial charge in [-0.2, -0.15) is 0 Å². The van der Waals surface area contributed by atoms with Gasteiger partial charge in [0.15, 0.2) is 0 Å². The number of carbonyl (C=O) groups is 1. The molecule has 4 heteroatoms. The smallest absolute Gasteiger partial charge is 0.290 e. The van der Waals surface area contributed by atoms with E-state index < -0.39 is 0 Å². The fourth-order valence-corrected chi connectivity index (χ4v) is 1.09. The van der Waals surface area contributed by atoms with E-state index in [0.29, 0.717) is 6.04 Å². The highest BCUT2D eigenvalue weighted by Crippen LogP contribution is 2.01. The Morgan fingerprint density at radius 3 is 2.08 bits per heavy atom. The van der Waals surface area contributed by atoms with Crippen LogP contribution in [0, 0.1) is 0 Å². The lowest BCUT2D eigenvalue weighted by Crippen LogP contribution is -2.40. The molecule has 12 heavy (non-hydrogen) atoms. The predicted molar refractivity (Wildman–Crippen MR) is 46.2 cm³/mol. The van der Waals surface area contributed by atoms with Crippen molar-refractivity contribution in [2.24, 2.45) is 0 Å². The zero-order valence-electron chi connectivity index (χ0n) is 7.69. The minimum atomic E-state index is -0.250. The number of carboxylic acid groups (broad SMARTS) is 1. The number of hydrogen-bond acceptors (Lipinski definition) is 3. The van der Waals surface area contributed by atoms with Gasteiger partial charge in [-0.15, -0.1) is 0 Å². The Balaban J connectivity index is 0.000000354. The van der Waals surface area contributed by atoms with Gasteiger partial charge in [-0.05, 0) is 13.8 Å². The molecule has 1 aliphatic rings. The normalized spacial score (nSPS) is 18.2. The molecular formula is C8H17NO3. The summed E-state index contributed by atoms with van der Waals surface area (Å²) in [4.78, 5) is 10.8. The molecule has 0 atom stereocenters. The van der Waals surface area contributed by atoms with Crippen molar-refractivity contribution >= 4 is 6.47 Å². The average molecular weight is 175 g/mol. The third-order valence-corrected chi connectivity index (χ3v) is 1.78. The Morgan fingerprint density at radius 1 is 1.42 bits per heavy atom. The summed E-state index contributed by atoms with van der Waals surface area (Å²) >= 11 is 0. The van der Waals surface area contributed by atoms with Crippen molar-refractivity contribution in [3.05, 3.63) is 0 Å². The molecule has 0 aromatic carbocycles. The van der Waals surface area contributed by atoms with Gasteiger partial charge in [-0.25, -0.2) is 0 Å². The summed E-state index contributed by atoms with van der Waals surface area (Å²) in [6.07, 6.45) is 0. The molecule has 0 aliphatic carbocycles. The molecule has 0 spiro atoms. The van der Waals surface area contributed by atoms with E-state index in [1.807, 2.05) is 0 Å². The van der Waals surface area contributed by atoms with Gasteiger partial charge in [0, 0.05) is 19.1 Å². The Morgan fingerprint density at radius 2 is 1.83 bits per heavy atom.